The lowest BCUT2D eigenvalue weighted by Crippen LogP contribution is -2.40. The molecular weight excluding hydrogens is 440 g/mol. The summed E-state index contributed by atoms with van der Waals surface area (Å²) in [6.07, 6.45) is 0.216. The van der Waals surface area contributed by atoms with Crippen molar-refractivity contribution in [3.05, 3.63) is 71.4 Å². The smallest absolute Gasteiger partial charge is 0.227 e. The fourth-order valence-electron chi connectivity index (χ4n) is 3.67. The number of rotatable bonds is 12. The van der Waals surface area contributed by atoms with E-state index in [9.17, 15) is 13.9 Å². The molecule has 2 aromatic carbocycles. The van der Waals surface area contributed by atoms with E-state index in [2.05, 4.69) is 23.8 Å². The van der Waals surface area contributed by atoms with Gasteiger partial charge in [0.1, 0.15) is 5.82 Å². The molecule has 0 fully saturated rings. The van der Waals surface area contributed by atoms with E-state index in [0.717, 1.165) is 29.8 Å². The molecule has 0 aliphatic heterocycles. The van der Waals surface area contributed by atoms with Crippen molar-refractivity contribution in [2.45, 2.75) is 52.8 Å². The van der Waals surface area contributed by atoms with Gasteiger partial charge >= 0.3 is 0 Å². The molecule has 0 radical (unpaired) electrons. The molecule has 34 heavy (non-hydrogen) atoms. The normalized spacial score (nSPS) is 13.3. The molecule has 8 heteroatoms. The van der Waals surface area contributed by atoms with E-state index in [4.69, 9.17) is 9.47 Å². The van der Waals surface area contributed by atoms with Crippen LogP contribution in [-0.2, 0) is 11.3 Å². The highest BCUT2D eigenvalue weighted by Crippen LogP contribution is 2.33. The van der Waals surface area contributed by atoms with Crippen LogP contribution in [0.3, 0.4) is 0 Å². The third-order valence-electron chi connectivity index (χ3n) is 5.77. The molecule has 1 N–H and O–H groups in total. The summed E-state index contributed by atoms with van der Waals surface area (Å²) in [6.45, 7) is 9.53. The summed E-state index contributed by atoms with van der Waals surface area (Å²) in [7, 11) is 0. The van der Waals surface area contributed by atoms with E-state index in [-0.39, 0.29) is 18.4 Å². The summed E-state index contributed by atoms with van der Waals surface area (Å²) in [6, 6.07) is 12.8. The second-order valence-corrected chi connectivity index (χ2v) is 8.29. The Hall–Kier alpha value is -2.81. The van der Waals surface area contributed by atoms with Crippen LogP contribution in [0.2, 0.25) is 0 Å². The SMILES string of the molecule is CCOC[C@@H](O)CN(Cc1c(C)nn(-c2ccccc2)c1Oc1ccc(F)cc1F)[C@H](C)CC. The van der Waals surface area contributed by atoms with Gasteiger partial charge in [0.15, 0.2) is 11.6 Å². The number of hydrogen-bond donors (Lipinski definition) is 1. The van der Waals surface area contributed by atoms with Crippen molar-refractivity contribution >= 4 is 0 Å². The number of aliphatic hydroxyl groups is 1. The van der Waals surface area contributed by atoms with Crippen molar-refractivity contribution in [3.8, 4) is 17.3 Å². The Bertz CT molecular complexity index is 1060. The van der Waals surface area contributed by atoms with Crippen LogP contribution in [0.15, 0.2) is 48.5 Å². The molecule has 0 saturated heterocycles. The maximum atomic E-state index is 14.5. The highest BCUT2D eigenvalue weighted by atomic mass is 19.1. The summed E-state index contributed by atoms with van der Waals surface area (Å²) in [5.74, 6) is -1.22. The minimum Gasteiger partial charge on any atom is -0.435 e. The molecule has 0 unspecified atom stereocenters. The number of aryl methyl sites for hydroxylation is 1. The van der Waals surface area contributed by atoms with Gasteiger partial charge in [0.05, 0.1) is 29.7 Å². The number of aromatic nitrogens is 2. The Morgan fingerprint density at radius 3 is 2.50 bits per heavy atom. The van der Waals surface area contributed by atoms with Crippen LogP contribution in [0.5, 0.6) is 11.6 Å². The summed E-state index contributed by atoms with van der Waals surface area (Å²) in [5.41, 5.74) is 2.23. The van der Waals surface area contributed by atoms with Crippen LogP contribution >= 0.6 is 0 Å². The monoisotopic (exact) mass is 473 g/mol. The second kappa shape index (κ2) is 12.1. The standard InChI is InChI=1S/C26H33F2N3O3/c1-5-18(3)30(15-22(32)17-33-6-2)16-23-19(4)29-31(21-10-8-7-9-11-21)26(23)34-25-13-12-20(27)14-24(25)28/h7-14,18,22,32H,5-6,15-17H2,1-4H3/t18-,22+/m1/s1. The van der Waals surface area contributed by atoms with Crippen molar-refractivity contribution in [3.63, 3.8) is 0 Å². The molecule has 0 saturated carbocycles. The van der Waals surface area contributed by atoms with Gasteiger partial charge < -0.3 is 14.6 Å². The van der Waals surface area contributed by atoms with E-state index in [1.54, 1.807) is 4.68 Å². The quantitative estimate of drug-likeness (QED) is 0.389. The molecule has 3 aromatic rings. The first kappa shape index (κ1) is 25.8. The largest absolute Gasteiger partial charge is 0.435 e. The van der Waals surface area contributed by atoms with Crippen LogP contribution in [-0.4, -0.2) is 51.7 Å². The maximum absolute atomic E-state index is 14.5. The number of nitrogens with zero attached hydrogens (tertiary/aromatic N) is 3. The molecule has 0 spiro atoms. The van der Waals surface area contributed by atoms with E-state index in [1.165, 1.54) is 6.07 Å². The Labute approximate surface area is 199 Å². The first-order valence-electron chi connectivity index (χ1n) is 11.6. The van der Waals surface area contributed by atoms with Gasteiger partial charge in [0.25, 0.3) is 0 Å². The molecule has 0 aliphatic carbocycles. The van der Waals surface area contributed by atoms with Gasteiger partial charge in [0, 0.05) is 31.8 Å². The van der Waals surface area contributed by atoms with Crippen LogP contribution in [0, 0.1) is 18.6 Å². The minimum absolute atomic E-state index is 0.0915. The zero-order chi connectivity index (χ0) is 24.7. The van der Waals surface area contributed by atoms with Gasteiger partial charge in [-0.05, 0) is 51.5 Å². The predicted octanol–water partition coefficient (Wildman–Crippen LogP) is 5.25. The van der Waals surface area contributed by atoms with Crippen molar-refractivity contribution in [1.82, 2.24) is 14.7 Å². The molecule has 3 rings (SSSR count). The van der Waals surface area contributed by atoms with Crippen LogP contribution in [0.1, 0.15) is 38.4 Å². The Morgan fingerprint density at radius 1 is 1.12 bits per heavy atom. The van der Waals surface area contributed by atoms with Crippen LogP contribution < -0.4 is 4.74 Å². The lowest BCUT2D eigenvalue weighted by Gasteiger charge is -2.30. The summed E-state index contributed by atoms with van der Waals surface area (Å²) in [4.78, 5) is 2.14. The van der Waals surface area contributed by atoms with Crippen molar-refractivity contribution in [2.24, 2.45) is 0 Å². The van der Waals surface area contributed by atoms with Crippen LogP contribution in [0.25, 0.3) is 5.69 Å². The Balaban J connectivity index is 2.01. The average molecular weight is 474 g/mol. The maximum Gasteiger partial charge on any atom is 0.227 e. The molecule has 0 bridgehead atoms. The van der Waals surface area contributed by atoms with Gasteiger partial charge in [-0.15, -0.1) is 0 Å². The summed E-state index contributed by atoms with van der Waals surface area (Å²) in [5, 5.41) is 15.2. The molecular formula is C26H33F2N3O3. The van der Waals surface area contributed by atoms with Gasteiger partial charge in [-0.3, -0.25) is 4.90 Å². The number of para-hydroxylation sites is 1. The van der Waals surface area contributed by atoms with E-state index in [0.29, 0.717) is 31.3 Å². The first-order valence-corrected chi connectivity index (χ1v) is 11.6. The van der Waals surface area contributed by atoms with E-state index < -0.39 is 17.7 Å². The van der Waals surface area contributed by atoms with Crippen molar-refractivity contribution < 1.29 is 23.4 Å². The Morgan fingerprint density at radius 2 is 1.85 bits per heavy atom. The second-order valence-electron chi connectivity index (χ2n) is 8.29. The predicted molar refractivity (Wildman–Crippen MR) is 127 cm³/mol. The fourth-order valence-corrected chi connectivity index (χ4v) is 3.67. The molecule has 184 valence electrons. The number of aliphatic hydroxyl groups excluding tert-OH is 1. The number of ether oxygens (including phenoxy) is 2. The molecule has 0 amide bonds. The van der Waals surface area contributed by atoms with Crippen molar-refractivity contribution in [2.75, 3.05) is 19.8 Å². The highest BCUT2D eigenvalue weighted by molar-refractivity contribution is 5.43. The molecule has 1 aromatic heterocycles. The first-order chi connectivity index (χ1) is 16.3. The highest BCUT2D eigenvalue weighted by Gasteiger charge is 2.25. The fraction of sp³-hybridized carbons (Fsp3) is 0.423. The summed E-state index contributed by atoms with van der Waals surface area (Å²) < 4.78 is 41.0. The van der Waals surface area contributed by atoms with Gasteiger partial charge in [0.2, 0.25) is 5.88 Å². The van der Waals surface area contributed by atoms with E-state index >= 15 is 0 Å². The molecule has 6 nitrogen and oxygen atoms in total. The molecule has 1 heterocycles. The lowest BCUT2D eigenvalue weighted by molar-refractivity contribution is 0.0111. The number of benzene rings is 2. The number of halogens is 2. The molecule has 0 aliphatic rings. The Kier molecular flexibility index (Phi) is 9.15. The molecule has 2 atom stereocenters. The van der Waals surface area contributed by atoms with Gasteiger partial charge in [-0.1, -0.05) is 25.1 Å². The van der Waals surface area contributed by atoms with E-state index in [1.807, 2.05) is 44.2 Å². The minimum atomic E-state index is -0.796. The lowest BCUT2D eigenvalue weighted by atomic mass is 10.1. The third-order valence-corrected chi connectivity index (χ3v) is 5.77. The van der Waals surface area contributed by atoms with Crippen molar-refractivity contribution in [1.29, 1.82) is 0 Å². The summed E-state index contributed by atoms with van der Waals surface area (Å²) >= 11 is 0. The average Bonchev–Trinajstić information content (AvgIpc) is 3.13. The van der Waals surface area contributed by atoms with Crippen LogP contribution in [0.4, 0.5) is 8.78 Å². The topological polar surface area (TPSA) is 59.8 Å². The zero-order valence-electron chi connectivity index (χ0n) is 20.2. The zero-order valence-corrected chi connectivity index (χ0v) is 20.2. The van der Waals surface area contributed by atoms with Gasteiger partial charge in [-0.2, -0.15) is 5.10 Å². The number of hydrogen-bond acceptors (Lipinski definition) is 5. The third kappa shape index (κ3) is 6.40. The van der Waals surface area contributed by atoms with Gasteiger partial charge in [-0.25, -0.2) is 13.5 Å².